The zero-order chi connectivity index (χ0) is 11.7. The lowest BCUT2D eigenvalue weighted by atomic mass is 9.82. The van der Waals surface area contributed by atoms with E-state index < -0.39 is 0 Å². The Bertz CT molecular complexity index is 376. The van der Waals surface area contributed by atoms with Crippen LogP contribution in [-0.2, 0) is 6.42 Å². The molecule has 0 radical (unpaired) electrons. The van der Waals surface area contributed by atoms with Crippen molar-refractivity contribution in [1.29, 1.82) is 0 Å². The highest BCUT2D eigenvalue weighted by molar-refractivity contribution is 7.11. The fraction of sp³-hybridized carbons (Fsp3) is 0.786. The fourth-order valence-corrected chi connectivity index (χ4v) is 4.09. The second-order valence-corrected chi connectivity index (χ2v) is 6.88. The molecular weight excluding hydrogens is 228 g/mol. The molecule has 0 spiro atoms. The van der Waals surface area contributed by atoms with Crippen LogP contribution in [0.25, 0.3) is 0 Å². The molecule has 1 N–H and O–H groups in total. The fourth-order valence-electron chi connectivity index (χ4n) is 2.96. The van der Waals surface area contributed by atoms with E-state index in [0.717, 1.165) is 11.8 Å². The Hall–Kier alpha value is -0.410. The first-order valence-corrected chi connectivity index (χ1v) is 7.81. The topological polar surface area (TPSA) is 24.9 Å². The molecule has 0 bridgehead atoms. The molecule has 1 aromatic rings. The van der Waals surface area contributed by atoms with Crippen LogP contribution in [0.5, 0.6) is 0 Å². The van der Waals surface area contributed by atoms with Gasteiger partial charge < -0.3 is 5.32 Å². The smallest absolute Gasteiger partial charge is 0.0934 e. The van der Waals surface area contributed by atoms with Gasteiger partial charge in [-0.1, -0.05) is 6.42 Å². The summed E-state index contributed by atoms with van der Waals surface area (Å²) < 4.78 is 0. The summed E-state index contributed by atoms with van der Waals surface area (Å²) in [5.41, 5.74) is 1.43. The van der Waals surface area contributed by atoms with Crippen molar-refractivity contribution in [1.82, 2.24) is 10.3 Å². The van der Waals surface area contributed by atoms with Gasteiger partial charge in [0.1, 0.15) is 0 Å². The Labute approximate surface area is 108 Å². The highest BCUT2D eigenvalue weighted by Gasteiger charge is 2.25. The Balaban J connectivity index is 1.66. The largest absolute Gasteiger partial charge is 0.316 e. The van der Waals surface area contributed by atoms with Crippen LogP contribution in [0.2, 0.25) is 0 Å². The summed E-state index contributed by atoms with van der Waals surface area (Å²) in [6.07, 6.45) is 8.06. The molecule has 2 fully saturated rings. The molecule has 17 heavy (non-hydrogen) atoms. The van der Waals surface area contributed by atoms with Gasteiger partial charge in [-0.2, -0.15) is 0 Å². The molecule has 2 aliphatic rings. The molecule has 3 heteroatoms. The van der Waals surface area contributed by atoms with Crippen molar-refractivity contribution >= 4 is 11.3 Å². The van der Waals surface area contributed by atoms with Gasteiger partial charge in [0.2, 0.25) is 0 Å². The van der Waals surface area contributed by atoms with Crippen LogP contribution in [0.15, 0.2) is 0 Å². The van der Waals surface area contributed by atoms with Gasteiger partial charge in [0.15, 0.2) is 0 Å². The number of nitrogens with one attached hydrogen (secondary N) is 1. The van der Waals surface area contributed by atoms with Gasteiger partial charge in [0.25, 0.3) is 0 Å². The molecule has 1 saturated carbocycles. The number of rotatable bonds is 3. The van der Waals surface area contributed by atoms with Crippen molar-refractivity contribution < 1.29 is 0 Å². The van der Waals surface area contributed by atoms with Crippen LogP contribution < -0.4 is 5.32 Å². The average Bonchev–Trinajstić information content (AvgIpc) is 2.59. The van der Waals surface area contributed by atoms with E-state index in [1.807, 2.05) is 11.3 Å². The van der Waals surface area contributed by atoms with Crippen LogP contribution in [-0.4, -0.2) is 18.1 Å². The molecular formula is C14H22N2S. The van der Waals surface area contributed by atoms with E-state index in [1.165, 1.54) is 67.2 Å². The lowest BCUT2D eigenvalue weighted by Crippen LogP contribution is -2.30. The van der Waals surface area contributed by atoms with E-state index in [-0.39, 0.29) is 0 Å². The second-order valence-electron chi connectivity index (χ2n) is 5.59. The van der Waals surface area contributed by atoms with Crippen molar-refractivity contribution in [3.63, 3.8) is 0 Å². The lowest BCUT2D eigenvalue weighted by Gasteiger charge is -2.24. The molecule has 2 nitrogen and oxygen atoms in total. The van der Waals surface area contributed by atoms with Gasteiger partial charge >= 0.3 is 0 Å². The third-order valence-corrected chi connectivity index (χ3v) is 5.24. The maximum atomic E-state index is 4.92. The Morgan fingerprint density at radius 2 is 2.18 bits per heavy atom. The first-order chi connectivity index (χ1) is 8.33. The van der Waals surface area contributed by atoms with Crippen molar-refractivity contribution in [2.45, 2.75) is 51.4 Å². The summed E-state index contributed by atoms with van der Waals surface area (Å²) >= 11 is 1.95. The minimum absolute atomic E-state index is 0.796. The van der Waals surface area contributed by atoms with Crippen LogP contribution in [0.1, 0.15) is 53.6 Å². The zero-order valence-electron chi connectivity index (χ0n) is 10.7. The lowest BCUT2D eigenvalue weighted by molar-refractivity contribution is 0.374. The van der Waals surface area contributed by atoms with Crippen LogP contribution >= 0.6 is 11.3 Å². The van der Waals surface area contributed by atoms with E-state index >= 15 is 0 Å². The third kappa shape index (κ3) is 2.55. The second kappa shape index (κ2) is 5.07. The van der Waals surface area contributed by atoms with Crippen molar-refractivity contribution in [3.8, 4) is 0 Å². The molecule has 0 aromatic carbocycles. The summed E-state index contributed by atoms with van der Waals surface area (Å²) in [5, 5.41) is 4.89. The quantitative estimate of drug-likeness (QED) is 0.890. The number of hydrogen-bond donors (Lipinski definition) is 1. The minimum atomic E-state index is 0.796. The Morgan fingerprint density at radius 3 is 2.82 bits per heavy atom. The molecule has 3 rings (SSSR count). The number of thiazole rings is 1. The maximum Gasteiger partial charge on any atom is 0.0934 e. The van der Waals surface area contributed by atoms with Crippen LogP contribution in [0.4, 0.5) is 0 Å². The van der Waals surface area contributed by atoms with E-state index in [2.05, 4.69) is 12.2 Å². The summed E-state index contributed by atoms with van der Waals surface area (Å²) in [4.78, 5) is 6.40. The first-order valence-electron chi connectivity index (χ1n) is 7.00. The Morgan fingerprint density at radius 1 is 1.29 bits per heavy atom. The van der Waals surface area contributed by atoms with Gasteiger partial charge in [-0.3, -0.25) is 0 Å². The van der Waals surface area contributed by atoms with Gasteiger partial charge in [0.05, 0.1) is 10.7 Å². The summed E-state index contributed by atoms with van der Waals surface area (Å²) in [6, 6.07) is 0. The van der Waals surface area contributed by atoms with E-state index in [4.69, 9.17) is 4.98 Å². The predicted octanol–water partition coefficient (Wildman–Crippen LogP) is 3.26. The number of aromatic nitrogens is 1. The minimum Gasteiger partial charge on any atom is -0.316 e. The van der Waals surface area contributed by atoms with E-state index in [1.54, 1.807) is 0 Å². The highest BCUT2D eigenvalue weighted by Crippen LogP contribution is 2.39. The summed E-state index contributed by atoms with van der Waals surface area (Å²) in [7, 11) is 0. The van der Waals surface area contributed by atoms with Gasteiger partial charge in [0, 0.05) is 17.2 Å². The molecule has 0 amide bonds. The van der Waals surface area contributed by atoms with Crippen LogP contribution in [0, 0.1) is 12.8 Å². The predicted molar refractivity (Wildman–Crippen MR) is 72.7 cm³/mol. The molecule has 1 saturated heterocycles. The standard InChI is InChI=1S/C14H22N2S/c1-10-14(12-5-2-6-12)16-13(17-10)8-11-4-3-7-15-9-11/h11-12,15H,2-9H2,1H3. The molecule has 1 aliphatic carbocycles. The average molecular weight is 250 g/mol. The zero-order valence-corrected chi connectivity index (χ0v) is 11.5. The molecule has 1 aliphatic heterocycles. The van der Waals surface area contributed by atoms with Crippen molar-refractivity contribution in [3.05, 3.63) is 15.6 Å². The van der Waals surface area contributed by atoms with Crippen LogP contribution in [0.3, 0.4) is 0 Å². The van der Waals surface area contributed by atoms with Gasteiger partial charge in [-0.25, -0.2) is 4.98 Å². The number of nitrogens with zero attached hydrogens (tertiary/aromatic N) is 1. The maximum absolute atomic E-state index is 4.92. The van der Waals surface area contributed by atoms with Gasteiger partial charge in [-0.05, 0) is 51.6 Å². The molecule has 1 atom stereocenters. The van der Waals surface area contributed by atoms with Gasteiger partial charge in [-0.15, -0.1) is 11.3 Å². The Kier molecular flexibility index (Phi) is 3.48. The number of aryl methyl sites for hydroxylation is 1. The van der Waals surface area contributed by atoms with Crippen molar-refractivity contribution in [2.24, 2.45) is 5.92 Å². The SMILES string of the molecule is Cc1sc(CC2CCCNC2)nc1C1CCC1. The molecule has 1 unspecified atom stereocenters. The van der Waals surface area contributed by atoms with E-state index in [0.29, 0.717) is 0 Å². The highest BCUT2D eigenvalue weighted by atomic mass is 32.1. The third-order valence-electron chi connectivity index (χ3n) is 4.23. The molecule has 94 valence electrons. The monoisotopic (exact) mass is 250 g/mol. The number of hydrogen-bond acceptors (Lipinski definition) is 3. The summed E-state index contributed by atoms with van der Waals surface area (Å²) in [6.45, 7) is 4.66. The molecule has 1 aromatic heterocycles. The molecule has 2 heterocycles. The van der Waals surface area contributed by atoms with Crippen molar-refractivity contribution in [2.75, 3.05) is 13.1 Å². The summed E-state index contributed by atoms with van der Waals surface area (Å²) in [5.74, 6) is 1.62. The van der Waals surface area contributed by atoms with E-state index in [9.17, 15) is 0 Å². The first kappa shape index (κ1) is 11.7. The normalized spacial score (nSPS) is 25.8. The number of piperidine rings is 1.